The highest BCUT2D eigenvalue weighted by atomic mass is 35.5. The molecule has 156 valence electrons. The number of carbonyl (C=O) groups is 1. The maximum absolute atomic E-state index is 13.0. The van der Waals surface area contributed by atoms with Crippen LogP contribution in [-0.2, 0) is 4.74 Å². The molecule has 1 N–H and O–H groups in total. The summed E-state index contributed by atoms with van der Waals surface area (Å²) in [6, 6.07) is 15.1. The van der Waals surface area contributed by atoms with Crippen molar-refractivity contribution in [3.8, 4) is 0 Å². The van der Waals surface area contributed by atoms with Crippen LogP contribution in [0.15, 0.2) is 57.9 Å². The van der Waals surface area contributed by atoms with Gasteiger partial charge in [-0.1, -0.05) is 37.6 Å². The third kappa shape index (κ3) is 4.74. The highest BCUT2D eigenvalue weighted by Gasteiger charge is 2.18. The predicted octanol–water partition coefficient (Wildman–Crippen LogP) is 5.35. The number of nitrogens with zero attached hydrogens (tertiary/aromatic N) is 1. The predicted molar refractivity (Wildman–Crippen MR) is 118 cm³/mol. The number of halogens is 1. The summed E-state index contributed by atoms with van der Waals surface area (Å²) in [4.78, 5) is 17.7. The van der Waals surface area contributed by atoms with Crippen LogP contribution in [0.2, 0.25) is 5.02 Å². The van der Waals surface area contributed by atoms with E-state index in [2.05, 4.69) is 30.2 Å². The van der Waals surface area contributed by atoms with Crippen molar-refractivity contribution in [2.75, 3.05) is 13.2 Å². The summed E-state index contributed by atoms with van der Waals surface area (Å²) >= 11 is 6.13. The van der Waals surface area contributed by atoms with E-state index in [1.54, 1.807) is 24.3 Å². The average molecular weight is 425 g/mol. The Hall–Kier alpha value is -2.63. The Morgan fingerprint density at radius 1 is 1.23 bits per heavy atom. The minimum atomic E-state index is -0.241. The van der Waals surface area contributed by atoms with E-state index in [1.165, 1.54) is 5.56 Å². The van der Waals surface area contributed by atoms with Gasteiger partial charge < -0.3 is 14.5 Å². The molecule has 4 rings (SSSR count). The first-order valence-corrected chi connectivity index (χ1v) is 10.7. The number of benzene rings is 2. The van der Waals surface area contributed by atoms with Gasteiger partial charge in [-0.15, -0.1) is 0 Å². The molecule has 1 aromatic heterocycles. The Kier molecular flexibility index (Phi) is 6.21. The first-order valence-electron chi connectivity index (χ1n) is 10.3. The van der Waals surface area contributed by atoms with E-state index >= 15 is 0 Å². The molecule has 6 heteroatoms. The molecule has 1 aliphatic heterocycles. The van der Waals surface area contributed by atoms with Gasteiger partial charge in [0.1, 0.15) is 11.1 Å². The SMILES string of the molecule is CC(C)c1cccc(N=c2oc3ccc(Cl)cc3cc2C(=O)NC[C@H]2CCCO2)c1. The summed E-state index contributed by atoms with van der Waals surface area (Å²) in [6.07, 6.45) is 2.04. The molecule has 0 bridgehead atoms. The molecule has 0 spiro atoms. The highest BCUT2D eigenvalue weighted by molar-refractivity contribution is 6.31. The average Bonchev–Trinajstić information content (AvgIpc) is 3.25. The number of rotatable bonds is 5. The lowest BCUT2D eigenvalue weighted by Crippen LogP contribution is -2.34. The van der Waals surface area contributed by atoms with Crippen molar-refractivity contribution >= 4 is 34.2 Å². The fourth-order valence-electron chi connectivity index (χ4n) is 3.52. The Bertz CT molecular complexity index is 1130. The molecule has 1 saturated heterocycles. The zero-order valence-electron chi connectivity index (χ0n) is 17.2. The van der Waals surface area contributed by atoms with Crippen LogP contribution in [0.3, 0.4) is 0 Å². The number of hydrogen-bond acceptors (Lipinski definition) is 4. The van der Waals surface area contributed by atoms with E-state index in [0.29, 0.717) is 28.6 Å². The quantitative estimate of drug-likeness (QED) is 0.600. The molecule has 1 aliphatic rings. The van der Waals surface area contributed by atoms with Crippen LogP contribution < -0.4 is 10.9 Å². The maximum Gasteiger partial charge on any atom is 0.256 e. The molecule has 0 aliphatic carbocycles. The Morgan fingerprint density at radius 3 is 2.87 bits per heavy atom. The summed E-state index contributed by atoms with van der Waals surface area (Å²) in [5.74, 6) is 0.139. The molecule has 30 heavy (non-hydrogen) atoms. The summed E-state index contributed by atoms with van der Waals surface area (Å²) < 4.78 is 11.6. The number of nitrogens with one attached hydrogen (secondary N) is 1. The minimum absolute atomic E-state index is 0.0592. The van der Waals surface area contributed by atoms with Crippen molar-refractivity contribution in [2.24, 2.45) is 4.99 Å². The molecular weight excluding hydrogens is 400 g/mol. The van der Waals surface area contributed by atoms with Gasteiger partial charge in [-0.3, -0.25) is 4.79 Å². The summed E-state index contributed by atoms with van der Waals surface area (Å²) in [7, 11) is 0. The van der Waals surface area contributed by atoms with Crippen LogP contribution in [0, 0.1) is 0 Å². The summed E-state index contributed by atoms with van der Waals surface area (Å²) in [6.45, 7) is 5.48. The normalized spacial score (nSPS) is 17.1. The van der Waals surface area contributed by atoms with Crippen molar-refractivity contribution in [3.05, 3.63) is 70.2 Å². The van der Waals surface area contributed by atoms with E-state index in [1.807, 2.05) is 18.2 Å². The number of amides is 1. The van der Waals surface area contributed by atoms with Crippen LogP contribution in [0.25, 0.3) is 11.0 Å². The maximum atomic E-state index is 13.0. The molecule has 0 unspecified atom stereocenters. The van der Waals surface area contributed by atoms with Crippen LogP contribution in [0.1, 0.15) is 48.5 Å². The zero-order chi connectivity index (χ0) is 21.1. The highest BCUT2D eigenvalue weighted by Crippen LogP contribution is 2.22. The van der Waals surface area contributed by atoms with Gasteiger partial charge in [-0.2, -0.15) is 0 Å². The molecular formula is C24H25ClN2O3. The third-order valence-corrected chi connectivity index (χ3v) is 5.47. The largest absolute Gasteiger partial charge is 0.438 e. The third-order valence-electron chi connectivity index (χ3n) is 5.24. The fourth-order valence-corrected chi connectivity index (χ4v) is 3.71. The molecule has 3 aromatic rings. The fraction of sp³-hybridized carbons (Fsp3) is 0.333. The van der Waals surface area contributed by atoms with E-state index in [-0.39, 0.29) is 17.6 Å². The molecule has 1 fully saturated rings. The van der Waals surface area contributed by atoms with Gasteiger partial charge >= 0.3 is 0 Å². The Balaban J connectivity index is 1.76. The molecule has 2 heterocycles. The molecule has 0 saturated carbocycles. The van der Waals surface area contributed by atoms with Gasteiger partial charge in [-0.05, 0) is 60.7 Å². The topological polar surface area (TPSA) is 63.8 Å². The van der Waals surface area contributed by atoms with Crippen LogP contribution >= 0.6 is 11.6 Å². The molecule has 2 aromatic carbocycles. The van der Waals surface area contributed by atoms with Gasteiger partial charge in [0.05, 0.1) is 11.8 Å². The van der Waals surface area contributed by atoms with Crippen LogP contribution in [0.4, 0.5) is 5.69 Å². The lowest BCUT2D eigenvalue weighted by Gasteiger charge is -2.11. The number of ether oxygens (including phenoxy) is 1. The van der Waals surface area contributed by atoms with Crippen molar-refractivity contribution in [3.63, 3.8) is 0 Å². The second kappa shape index (κ2) is 9.02. The molecule has 0 radical (unpaired) electrons. The van der Waals surface area contributed by atoms with Crippen molar-refractivity contribution < 1.29 is 13.9 Å². The van der Waals surface area contributed by atoms with Gasteiger partial charge in [0, 0.05) is 23.6 Å². The number of hydrogen-bond donors (Lipinski definition) is 1. The summed E-state index contributed by atoms with van der Waals surface area (Å²) in [5.41, 5.74) is 3.18. The smallest absolute Gasteiger partial charge is 0.256 e. The summed E-state index contributed by atoms with van der Waals surface area (Å²) in [5, 5.41) is 4.29. The molecule has 1 amide bonds. The Labute approximate surface area is 180 Å². The van der Waals surface area contributed by atoms with Gasteiger partial charge in [0.2, 0.25) is 5.55 Å². The monoisotopic (exact) mass is 424 g/mol. The number of fused-ring (bicyclic) bond motifs is 1. The number of carbonyl (C=O) groups excluding carboxylic acids is 1. The first kappa shape index (κ1) is 20.6. The molecule has 1 atom stereocenters. The van der Waals surface area contributed by atoms with Crippen molar-refractivity contribution in [1.82, 2.24) is 5.32 Å². The lowest BCUT2D eigenvalue weighted by atomic mass is 10.0. The van der Waals surface area contributed by atoms with E-state index in [0.717, 1.165) is 30.5 Å². The van der Waals surface area contributed by atoms with Gasteiger partial charge in [-0.25, -0.2) is 4.99 Å². The Morgan fingerprint density at radius 2 is 2.10 bits per heavy atom. The second-order valence-corrected chi connectivity index (χ2v) is 8.29. The van der Waals surface area contributed by atoms with Gasteiger partial charge in [0.15, 0.2) is 0 Å². The lowest BCUT2D eigenvalue weighted by molar-refractivity contribution is 0.0854. The van der Waals surface area contributed by atoms with E-state index in [4.69, 9.17) is 20.8 Å². The van der Waals surface area contributed by atoms with Crippen LogP contribution in [-0.4, -0.2) is 25.2 Å². The van der Waals surface area contributed by atoms with E-state index < -0.39 is 0 Å². The van der Waals surface area contributed by atoms with Crippen molar-refractivity contribution in [1.29, 1.82) is 0 Å². The zero-order valence-corrected chi connectivity index (χ0v) is 17.9. The van der Waals surface area contributed by atoms with Crippen LogP contribution in [0.5, 0.6) is 0 Å². The standard InChI is InChI=1S/C24H25ClN2O3/c1-15(2)16-5-3-6-19(12-16)27-24-21(23(28)26-14-20-7-4-10-29-20)13-17-11-18(25)8-9-22(17)30-24/h3,5-6,8-9,11-13,15,20H,4,7,10,14H2,1-2H3,(H,26,28)/t20-/m1/s1. The van der Waals surface area contributed by atoms with E-state index in [9.17, 15) is 4.79 Å². The molecule has 5 nitrogen and oxygen atoms in total. The van der Waals surface area contributed by atoms with Crippen molar-refractivity contribution in [2.45, 2.75) is 38.7 Å². The minimum Gasteiger partial charge on any atom is -0.438 e. The van der Waals surface area contributed by atoms with Gasteiger partial charge in [0.25, 0.3) is 5.91 Å². The second-order valence-electron chi connectivity index (χ2n) is 7.85. The first-order chi connectivity index (χ1) is 14.5.